The number of nitrogens with one attached hydrogen (secondary N) is 1. The van der Waals surface area contributed by atoms with Crippen LogP contribution in [0.1, 0.15) is 40.6 Å². The maximum atomic E-state index is 12.1. The summed E-state index contributed by atoms with van der Waals surface area (Å²) >= 11 is 0. The zero-order chi connectivity index (χ0) is 17.8. The number of benzene rings is 1. The molecule has 0 radical (unpaired) electrons. The van der Waals surface area contributed by atoms with Gasteiger partial charge in [-0.3, -0.25) is 19.3 Å². The first-order chi connectivity index (χ1) is 12.0. The molecule has 3 amide bonds. The Labute approximate surface area is 144 Å². The highest BCUT2D eigenvalue weighted by atomic mass is 16.4. The van der Waals surface area contributed by atoms with Crippen LogP contribution in [0.2, 0.25) is 0 Å². The quantitative estimate of drug-likeness (QED) is 0.773. The van der Waals surface area contributed by atoms with Crippen LogP contribution in [0.4, 0.5) is 0 Å². The molecule has 0 aliphatic carbocycles. The first-order valence-electron chi connectivity index (χ1n) is 7.96. The largest absolute Gasteiger partial charge is 0.467 e. The van der Waals surface area contributed by atoms with Gasteiger partial charge in [0.15, 0.2) is 0 Å². The molecule has 1 unspecified atom stereocenters. The summed E-state index contributed by atoms with van der Waals surface area (Å²) in [6.07, 6.45) is 1.06. The Bertz CT molecular complexity index is 751. The van der Waals surface area contributed by atoms with Crippen LogP contribution < -0.4 is 5.32 Å². The molecule has 7 nitrogen and oxygen atoms in total. The monoisotopic (exact) mass is 342 g/mol. The Kier molecular flexibility index (Phi) is 4.95. The van der Waals surface area contributed by atoms with Crippen LogP contribution in [0, 0.1) is 0 Å². The summed E-state index contributed by atoms with van der Waals surface area (Å²) in [4.78, 5) is 36.6. The molecule has 1 aromatic carbocycles. The Balaban J connectivity index is 1.55. The minimum absolute atomic E-state index is 0.0326. The zero-order valence-corrected chi connectivity index (χ0v) is 13.5. The lowest BCUT2D eigenvalue weighted by Gasteiger charge is -2.14. The molecule has 1 aliphatic heterocycles. The van der Waals surface area contributed by atoms with E-state index in [1.165, 1.54) is 11.2 Å². The Morgan fingerprint density at radius 1 is 1.16 bits per heavy atom. The van der Waals surface area contributed by atoms with Crippen LogP contribution in [0.5, 0.6) is 0 Å². The molecular formula is C18H18N2O5. The molecule has 2 N–H and O–H groups in total. The molecular weight excluding hydrogens is 324 g/mol. The van der Waals surface area contributed by atoms with Crippen molar-refractivity contribution in [3.8, 4) is 0 Å². The Morgan fingerprint density at radius 3 is 2.44 bits per heavy atom. The van der Waals surface area contributed by atoms with Gasteiger partial charge in [-0.25, -0.2) is 0 Å². The highest BCUT2D eigenvalue weighted by molar-refractivity contribution is 6.01. The Hall–Kier alpha value is -2.93. The lowest BCUT2D eigenvalue weighted by Crippen LogP contribution is -2.29. The molecule has 2 heterocycles. The van der Waals surface area contributed by atoms with Gasteiger partial charge >= 0.3 is 0 Å². The van der Waals surface area contributed by atoms with E-state index in [9.17, 15) is 19.5 Å². The van der Waals surface area contributed by atoms with Gasteiger partial charge in [-0.1, -0.05) is 12.1 Å². The van der Waals surface area contributed by atoms with Crippen molar-refractivity contribution in [1.29, 1.82) is 0 Å². The lowest BCUT2D eigenvalue weighted by molar-refractivity contribution is -0.139. The van der Waals surface area contributed by atoms with Gasteiger partial charge < -0.3 is 14.8 Å². The number of furan rings is 1. The SMILES string of the molecule is O=C(NCC(O)c1ccco1)c1ccc(CN2C(=O)CCC2=O)cc1. The molecule has 0 spiro atoms. The molecule has 130 valence electrons. The van der Waals surface area contributed by atoms with E-state index in [2.05, 4.69) is 5.32 Å². The fourth-order valence-electron chi connectivity index (χ4n) is 2.62. The average Bonchev–Trinajstić information content (AvgIpc) is 3.26. The molecule has 1 aliphatic rings. The smallest absolute Gasteiger partial charge is 0.251 e. The fraction of sp³-hybridized carbons (Fsp3) is 0.278. The standard InChI is InChI=1S/C18H18N2O5/c21-14(15-2-1-9-25-15)10-19-18(24)13-5-3-12(4-6-13)11-20-16(22)7-8-17(20)23/h1-6,9,14,21H,7-8,10-11H2,(H,19,24). The van der Waals surface area contributed by atoms with E-state index in [-0.39, 0.29) is 43.7 Å². The van der Waals surface area contributed by atoms with Crippen LogP contribution in [-0.2, 0) is 16.1 Å². The second-order valence-electron chi connectivity index (χ2n) is 5.81. The molecule has 3 rings (SSSR count). The first-order valence-corrected chi connectivity index (χ1v) is 7.96. The third-order valence-corrected chi connectivity index (χ3v) is 4.04. The number of carbonyl (C=O) groups excluding carboxylic acids is 3. The van der Waals surface area contributed by atoms with Gasteiger partial charge in [-0.15, -0.1) is 0 Å². The number of imide groups is 1. The van der Waals surface area contributed by atoms with Gasteiger partial charge in [0.25, 0.3) is 5.91 Å². The zero-order valence-electron chi connectivity index (χ0n) is 13.5. The van der Waals surface area contributed by atoms with Gasteiger partial charge in [0.1, 0.15) is 11.9 Å². The number of aliphatic hydroxyl groups is 1. The second-order valence-corrected chi connectivity index (χ2v) is 5.81. The van der Waals surface area contributed by atoms with Crippen molar-refractivity contribution in [2.24, 2.45) is 0 Å². The van der Waals surface area contributed by atoms with Crippen molar-refractivity contribution in [2.75, 3.05) is 6.54 Å². The van der Waals surface area contributed by atoms with Crippen molar-refractivity contribution in [2.45, 2.75) is 25.5 Å². The number of rotatable bonds is 6. The number of aliphatic hydroxyl groups excluding tert-OH is 1. The molecule has 1 fully saturated rings. The minimum atomic E-state index is -0.912. The van der Waals surface area contributed by atoms with Crippen LogP contribution in [0.25, 0.3) is 0 Å². The molecule has 25 heavy (non-hydrogen) atoms. The fourth-order valence-corrected chi connectivity index (χ4v) is 2.62. The van der Waals surface area contributed by atoms with Crippen LogP contribution in [-0.4, -0.2) is 34.3 Å². The highest BCUT2D eigenvalue weighted by Crippen LogP contribution is 2.16. The van der Waals surface area contributed by atoms with E-state index in [1.54, 1.807) is 36.4 Å². The van der Waals surface area contributed by atoms with E-state index < -0.39 is 6.10 Å². The van der Waals surface area contributed by atoms with Crippen molar-refractivity contribution in [3.05, 3.63) is 59.5 Å². The Morgan fingerprint density at radius 2 is 1.84 bits per heavy atom. The molecule has 0 bridgehead atoms. The van der Waals surface area contributed by atoms with E-state index in [0.717, 1.165) is 5.56 Å². The van der Waals surface area contributed by atoms with E-state index >= 15 is 0 Å². The minimum Gasteiger partial charge on any atom is -0.467 e. The normalized spacial score (nSPS) is 15.5. The molecule has 1 saturated heterocycles. The van der Waals surface area contributed by atoms with Crippen LogP contribution >= 0.6 is 0 Å². The summed E-state index contributed by atoms with van der Waals surface area (Å²) in [5.41, 5.74) is 1.20. The lowest BCUT2D eigenvalue weighted by atomic mass is 10.1. The van der Waals surface area contributed by atoms with E-state index in [1.807, 2.05) is 0 Å². The third kappa shape index (κ3) is 3.95. The average molecular weight is 342 g/mol. The van der Waals surface area contributed by atoms with Crippen LogP contribution in [0.3, 0.4) is 0 Å². The number of carbonyl (C=O) groups is 3. The highest BCUT2D eigenvalue weighted by Gasteiger charge is 2.28. The molecule has 2 aromatic rings. The number of likely N-dealkylation sites (tertiary alicyclic amines) is 1. The second kappa shape index (κ2) is 7.31. The van der Waals surface area contributed by atoms with Crippen molar-refractivity contribution >= 4 is 17.7 Å². The van der Waals surface area contributed by atoms with Gasteiger partial charge in [0.05, 0.1) is 19.4 Å². The molecule has 7 heteroatoms. The first kappa shape index (κ1) is 16.9. The number of hydrogen-bond acceptors (Lipinski definition) is 5. The molecule has 1 atom stereocenters. The summed E-state index contributed by atoms with van der Waals surface area (Å²) in [6, 6.07) is 9.94. The number of amides is 3. The van der Waals surface area contributed by atoms with Gasteiger partial charge in [-0.2, -0.15) is 0 Å². The van der Waals surface area contributed by atoms with Gasteiger partial charge in [0, 0.05) is 18.4 Å². The maximum absolute atomic E-state index is 12.1. The molecule has 1 aromatic heterocycles. The topological polar surface area (TPSA) is 99.8 Å². The third-order valence-electron chi connectivity index (χ3n) is 4.04. The van der Waals surface area contributed by atoms with Crippen LogP contribution in [0.15, 0.2) is 47.1 Å². The predicted molar refractivity (Wildman–Crippen MR) is 87.2 cm³/mol. The summed E-state index contributed by atoms with van der Waals surface area (Å²) in [6.45, 7) is 0.252. The maximum Gasteiger partial charge on any atom is 0.251 e. The summed E-state index contributed by atoms with van der Waals surface area (Å²) in [7, 11) is 0. The van der Waals surface area contributed by atoms with E-state index in [0.29, 0.717) is 11.3 Å². The summed E-state index contributed by atoms with van der Waals surface area (Å²) in [5, 5.41) is 12.5. The van der Waals surface area contributed by atoms with Crippen molar-refractivity contribution in [3.63, 3.8) is 0 Å². The van der Waals surface area contributed by atoms with Gasteiger partial charge in [-0.05, 0) is 29.8 Å². The molecule has 0 saturated carbocycles. The summed E-state index contributed by atoms with van der Waals surface area (Å²) in [5.74, 6) is -0.279. The number of nitrogens with zero attached hydrogens (tertiary/aromatic N) is 1. The number of hydrogen-bond donors (Lipinski definition) is 2. The van der Waals surface area contributed by atoms with Gasteiger partial charge in [0.2, 0.25) is 11.8 Å². The predicted octanol–water partition coefficient (Wildman–Crippen LogP) is 1.39. The van der Waals surface area contributed by atoms with Crippen molar-refractivity contribution < 1.29 is 23.9 Å². The van der Waals surface area contributed by atoms with E-state index in [4.69, 9.17) is 4.42 Å². The van der Waals surface area contributed by atoms with Crippen molar-refractivity contribution in [1.82, 2.24) is 10.2 Å². The summed E-state index contributed by atoms with van der Waals surface area (Å²) < 4.78 is 5.07.